The highest BCUT2D eigenvalue weighted by atomic mass is 19.4. The highest BCUT2D eigenvalue weighted by Gasteiger charge is 2.43. The molecule has 1 N–H and O–H groups in total. The van der Waals surface area contributed by atoms with E-state index in [9.17, 15) is 35.5 Å². The van der Waals surface area contributed by atoms with Gasteiger partial charge < -0.3 is 4.42 Å². The Hall–Kier alpha value is -2.92. The molecule has 0 radical (unpaired) electrons. The number of rotatable bonds is 2. The molecule has 3 aromatic rings. The quantitative estimate of drug-likeness (QED) is 0.682. The maximum absolute atomic E-state index is 13.7. The summed E-state index contributed by atoms with van der Waals surface area (Å²) in [5.41, 5.74) is -6.32. The van der Waals surface area contributed by atoms with Crippen LogP contribution in [0.2, 0.25) is 0 Å². The van der Waals surface area contributed by atoms with Crippen LogP contribution >= 0.6 is 0 Å². The number of aromatic nitrogens is 3. The molecule has 0 saturated carbocycles. The topological polar surface area (TPSA) is 71.8 Å². The molecule has 0 saturated heterocycles. The maximum atomic E-state index is 13.7. The predicted molar refractivity (Wildman–Crippen MR) is 72.3 cm³/mol. The van der Waals surface area contributed by atoms with E-state index in [1.165, 1.54) is 0 Å². The number of nitrogens with one attached hydrogen (secondary N) is 1. The molecule has 2 heterocycles. The van der Waals surface area contributed by atoms with Gasteiger partial charge in [0.15, 0.2) is 22.9 Å². The van der Waals surface area contributed by atoms with Crippen LogP contribution in [-0.4, -0.2) is 15.0 Å². The lowest BCUT2D eigenvalue weighted by Gasteiger charge is -2.16. The highest BCUT2D eigenvalue weighted by molar-refractivity contribution is 5.89. The molecule has 1 aromatic carbocycles. The average Bonchev–Trinajstić information content (AvgIpc) is 2.90. The van der Waals surface area contributed by atoms with Gasteiger partial charge in [0, 0.05) is 12.5 Å². The van der Waals surface area contributed by atoms with E-state index in [1.807, 2.05) is 4.98 Å². The Morgan fingerprint density at radius 3 is 2.35 bits per heavy atom. The first-order chi connectivity index (χ1) is 11.9. The number of aromatic amines is 1. The summed E-state index contributed by atoms with van der Waals surface area (Å²) < 4.78 is 98.0. The van der Waals surface area contributed by atoms with Crippen LogP contribution in [0.4, 0.5) is 30.7 Å². The summed E-state index contributed by atoms with van der Waals surface area (Å²) in [7, 11) is 0. The molecule has 2 aromatic heterocycles. The normalized spacial score (nSPS) is 12.8. The predicted octanol–water partition coefficient (Wildman–Crippen LogP) is 3.99. The maximum Gasteiger partial charge on any atom is 0.435 e. The lowest BCUT2D eigenvalue weighted by Crippen LogP contribution is -2.21. The summed E-state index contributed by atoms with van der Waals surface area (Å²) in [6, 6.07) is 0.419. The van der Waals surface area contributed by atoms with Crippen LogP contribution < -0.4 is 5.76 Å². The lowest BCUT2D eigenvalue weighted by molar-refractivity contribution is -0.145. The number of halogens is 7. The monoisotopic (exact) mass is 381 g/mol. The second kappa shape index (κ2) is 5.54. The van der Waals surface area contributed by atoms with Crippen molar-refractivity contribution in [2.24, 2.45) is 0 Å². The fourth-order valence-corrected chi connectivity index (χ4v) is 2.28. The Kier molecular flexibility index (Phi) is 3.81. The zero-order valence-corrected chi connectivity index (χ0v) is 12.5. The molecule has 0 aliphatic carbocycles. The van der Waals surface area contributed by atoms with Crippen molar-refractivity contribution in [1.82, 2.24) is 15.0 Å². The number of nitrogens with zero attached hydrogens (tertiary/aromatic N) is 2. The molecule has 0 bridgehead atoms. The van der Waals surface area contributed by atoms with Crippen molar-refractivity contribution in [3.8, 4) is 11.3 Å². The fourth-order valence-electron chi connectivity index (χ4n) is 2.28. The minimum atomic E-state index is -5.30. The minimum Gasteiger partial charge on any atom is -0.407 e. The van der Waals surface area contributed by atoms with Crippen molar-refractivity contribution < 1.29 is 35.2 Å². The van der Waals surface area contributed by atoms with Crippen molar-refractivity contribution in [3.63, 3.8) is 0 Å². The van der Waals surface area contributed by atoms with Gasteiger partial charge in [0.1, 0.15) is 11.2 Å². The smallest absolute Gasteiger partial charge is 0.407 e. The minimum absolute atomic E-state index is 0.201. The molecule has 26 heavy (non-hydrogen) atoms. The summed E-state index contributed by atoms with van der Waals surface area (Å²) >= 11 is 0. The van der Waals surface area contributed by atoms with Crippen molar-refractivity contribution in [2.45, 2.75) is 19.0 Å². The van der Waals surface area contributed by atoms with E-state index in [0.29, 0.717) is 12.3 Å². The van der Waals surface area contributed by atoms with E-state index in [4.69, 9.17) is 0 Å². The van der Waals surface area contributed by atoms with Crippen LogP contribution in [0.1, 0.15) is 18.3 Å². The first-order valence-corrected chi connectivity index (χ1v) is 6.73. The second-order valence-corrected chi connectivity index (χ2v) is 5.28. The van der Waals surface area contributed by atoms with Crippen molar-refractivity contribution in [1.29, 1.82) is 0 Å². The zero-order valence-electron chi connectivity index (χ0n) is 12.5. The van der Waals surface area contributed by atoms with Gasteiger partial charge in [-0.05, 0) is 6.07 Å². The fraction of sp³-hybridized carbons (Fsp3) is 0.214. The van der Waals surface area contributed by atoms with Crippen LogP contribution in [0.3, 0.4) is 0 Å². The Morgan fingerprint density at radius 2 is 1.77 bits per heavy atom. The first-order valence-electron chi connectivity index (χ1n) is 6.73. The second-order valence-electron chi connectivity index (χ2n) is 5.28. The van der Waals surface area contributed by atoms with Gasteiger partial charge in [-0.25, -0.2) is 18.6 Å². The Bertz CT molecular complexity index is 1060. The van der Waals surface area contributed by atoms with Gasteiger partial charge >= 0.3 is 11.9 Å². The number of H-pyrrole nitrogens is 1. The molecule has 0 aliphatic heterocycles. The van der Waals surface area contributed by atoms with E-state index < -0.39 is 63.2 Å². The summed E-state index contributed by atoms with van der Waals surface area (Å²) in [6.07, 6.45) is -4.78. The third-order valence-corrected chi connectivity index (χ3v) is 3.33. The van der Waals surface area contributed by atoms with Gasteiger partial charge in [-0.1, -0.05) is 0 Å². The third-order valence-electron chi connectivity index (χ3n) is 3.33. The van der Waals surface area contributed by atoms with Crippen molar-refractivity contribution in [2.75, 3.05) is 0 Å². The van der Waals surface area contributed by atoms with Crippen LogP contribution in [0.15, 0.2) is 21.5 Å². The van der Waals surface area contributed by atoms with Crippen molar-refractivity contribution in [3.05, 3.63) is 45.8 Å². The van der Waals surface area contributed by atoms with E-state index in [-0.39, 0.29) is 6.92 Å². The number of alkyl halides is 5. The molecule has 138 valence electrons. The summed E-state index contributed by atoms with van der Waals surface area (Å²) in [4.78, 5) is 19.2. The molecular formula is C14H6F7N3O2. The molecule has 0 unspecified atom stereocenters. The number of oxazole rings is 1. The number of hydrogen-bond donors (Lipinski definition) is 1. The Balaban J connectivity index is 2.34. The highest BCUT2D eigenvalue weighted by Crippen LogP contribution is 2.38. The van der Waals surface area contributed by atoms with Gasteiger partial charge in [0.25, 0.3) is 5.92 Å². The zero-order chi connectivity index (χ0) is 19.4. The molecular weight excluding hydrogens is 375 g/mol. The molecule has 0 fully saturated rings. The van der Waals surface area contributed by atoms with E-state index in [1.54, 1.807) is 0 Å². The van der Waals surface area contributed by atoms with Gasteiger partial charge in [-0.3, -0.25) is 9.97 Å². The molecule has 12 heteroatoms. The van der Waals surface area contributed by atoms with Crippen LogP contribution in [0, 0.1) is 11.6 Å². The van der Waals surface area contributed by atoms with Crippen molar-refractivity contribution >= 4 is 11.1 Å². The molecule has 0 atom stereocenters. The lowest BCUT2D eigenvalue weighted by atomic mass is 10.1. The van der Waals surface area contributed by atoms with Crippen LogP contribution in [0.25, 0.3) is 22.4 Å². The Labute approximate surface area is 138 Å². The molecule has 5 nitrogen and oxygen atoms in total. The van der Waals surface area contributed by atoms with E-state index in [0.717, 1.165) is 0 Å². The van der Waals surface area contributed by atoms with Crippen LogP contribution in [-0.2, 0) is 12.1 Å². The molecule has 0 spiro atoms. The molecule has 3 rings (SSSR count). The average molecular weight is 381 g/mol. The number of fused-ring (bicyclic) bond motifs is 1. The third kappa shape index (κ3) is 2.91. The first kappa shape index (κ1) is 17.9. The number of hydrogen-bond acceptors (Lipinski definition) is 4. The Morgan fingerprint density at radius 1 is 1.12 bits per heavy atom. The van der Waals surface area contributed by atoms with Gasteiger partial charge in [0.05, 0.1) is 11.9 Å². The van der Waals surface area contributed by atoms with Gasteiger partial charge in [-0.15, -0.1) is 0 Å². The van der Waals surface area contributed by atoms with Gasteiger partial charge in [0.2, 0.25) is 0 Å². The summed E-state index contributed by atoms with van der Waals surface area (Å²) in [5.74, 6) is -8.19. The van der Waals surface area contributed by atoms with Crippen LogP contribution in [0.5, 0.6) is 0 Å². The molecule has 0 aliphatic rings. The summed E-state index contributed by atoms with van der Waals surface area (Å²) in [6.45, 7) is 0.201. The van der Waals surface area contributed by atoms with E-state index >= 15 is 0 Å². The largest absolute Gasteiger partial charge is 0.435 e. The molecule has 0 amide bonds. The number of benzene rings is 1. The standard InChI is InChI=1S/C14H6F7N3O2/c1-13(17,18)10-11(14(19,20)21)23-6(3-22-10)4-2-5(15)7(16)8-9(4)26-12(25)24-8/h2-3H,1H3,(H,24,25). The van der Waals surface area contributed by atoms with Gasteiger partial charge in [-0.2, -0.15) is 22.0 Å². The SMILES string of the molecule is CC(F)(F)c1ncc(-c2cc(F)c(F)c3[nH]c(=O)oc23)nc1C(F)(F)F. The summed E-state index contributed by atoms with van der Waals surface area (Å²) in [5, 5.41) is 0. The van der Waals surface area contributed by atoms with E-state index in [2.05, 4.69) is 14.4 Å².